The lowest BCUT2D eigenvalue weighted by Crippen LogP contribution is -2.17. The van der Waals surface area contributed by atoms with Gasteiger partial charge in [0.25, 0.3) is 0 Å². The molecule has 1 amide bonds. The molecule has 0 aliphatic heterocycles. The standard InChI is InChI=1S/C14H17N3OS2/c1-9(2)12(18)15-13-16-17-14(20-13)19-8-11-7-5-4-6-10(11)3/h4-7,9H,8H2,1-3H3,(H,15,16,18). The van der Waals surface area contributed by atoms with E-state index in [4.69, 9.17) is 0 Å². The molecule has 0 atom stereocenters. The summed E-state index contributed by atoms with van der Waals surface area (Å²) in [7, 11) is 0. The van der Waals surface area contributed by atoms with Gasteiger partial charge in [-0.2, -0.15) is 0 Å². The number of nitrogens with zero attached hydrogens (tertiary/aromatic N) is 2. The first-order chi connectivity index (χ1) is 9.56. The average molecular weight is 307 g/mol. The average Bonchev–Trinajstić information content (AvgIpc) is 2.85. The van der Waals surface area contributed by atoms with Gasteiger partial charge in [-0.3, -0.25) is 4.79 Å². The lowest BCUT2D eigenvalue weighted by molar-refractivity contribution is -0.118. The summed E-state index contributed by atoms with van der Waals surface area (Å²) in [6.07, 6.45) is 0. The Balaban J connectivity index is 1.93. The van der Waals surface area contributed by atoms with E-state index in [1.54, 1.807) is 11.8 Å². The number of nitrogens with one attached hydrogen (secondary N) is 1. The fourth-order valence-electron chi connectivity index (χ4n) is 1.48. The van der Waals surface area contributed by atoms with Gasteiger partial charge in [0.2, 0.25) is 11.0 Å². The zero-order valence-corrected chi connectivity index (χ0v) is 13.3. The molecular weight excluding hydrogens is 290 g/mol. The number of amides is 1. The Morgan fingerprint density at radius 2 is 2.10 bits per heavy atom. The monoisotopic (exact) mass is 307 g/mol. The minimum atomic E-state index is -0.0537. The van der Waals surface area contributed by atoms with Crippen molar-refractivity contribution in [3.63, 3.8) is 0 Å². The van der Waals surface area contributed by atoms with Crippen LogP contribution in [0.4, 0.5) is 5.13 Å². The molecule has 0 spiro atoms. The molecule has 1 aromatic carbocycles. The van der Waals surface area contributed by atoms with Crippen molar-refractivity contribution >= 4 is 34.1 Å². The predicted octanol–water partition coefficient (Wildman–Crippen LogP) is 3.73. The molecule has 0 aliphatic rings. The molecule has 0 radical (unpaired) electrons. The number of carbonyl (C=O) groups is 1. The van der Waals surface area contributed by atoms with Crippen molar-refractivity contribution in [3.05, 3.63) is 35.4 Å². The Hall–Kier alpha value is -1.40. The first-order valence-corrected chi connectivity index (χ1v) is 8.18. The highest BCUT2D eigenvalue weighted by molar-refractivity contribution is 8.00. The first-order valence-electron chi connectivity index (χ1n) is 6.38. The summed E-state index contributed by atoms with van der Waals surface area (Å²) < 4.78 is 0.868. The largest absolute Gasteiger partial charge is 0.300 e. The molecule has 0 bridgehead atoms. The van der Waals surface area contributed by atoms with Crippen molar-refractivity contribution in [2.24, 2.45) is 5.92 Å². The van der Waals surface area contributed by atoms with Crippen LogP contribution in [0.5, 0.6) is 0 Å². The van der Waals surface area contributed by atoms with Crippen molar-refractivity contribution in [2.75, 3.05) is 5.32 Å². The molecule has 2 aromatic rings. The lowest BCUT2D eigenvalue weighted by Gasteiger charge is -2.03. The predicted molar refractivity (Wildman–Crippen MR) is 84.1 cm³/mol. The number of rotatable bonds is 5. The lowest BCUT2D eigenvalue weighted by atomic mass is 10.1. The van der Waals surface area contributed by atoms with Gasteiger partial charge in [-0.25, -0.2) is 0 Å². The number of anilines is 1. The van der Waals surface area contributed by atoms with E-state index in [9.17, 15) is 4.79 Å². The number of benzene rings is 1. The Kier molecular flexibility index (Phi) is 5.14. The third-order valence-electron chi connectivity index (χ3n) is 2.77. The summed E-state index contributed by atoms with van der Waals surface area (Å²) in [6, 6.07) is 8.29. The summed E-state index contributed by atoms with van der Waals surface area (Å²) in [5, 5.41) is 11.4. The van der Waals surface area contributed by atoms with Gasteiger partial charge in [-0.1, -0.05) is 61.2 Å². The molecule has 0 saturated carbocycles. The Bertz CT molecular complexity index is 596. The van der Waals surface area contributed by atoms with Crippen LogP contribution in [-0.2, 0) is 10.5 Å². The number of aryl methyl sites for hydroxylation is 1. The molecule has 6 heteroatoms. The quantitative estimate of drug-likeness (QED) is 0.675. The van der Waals surface area contributed by atoms with Gasteiger partial charge in [0.05, 0.1) is 0 Å². The summed E-state index contributed by atoms with van der Waals surface area (Å²) in [5.74, 6) is 0.776. The summed E-state index contributed by atoms with van der Waals surface area (Å²) >= 11 is 3.05. The molecule has 0 aliphatic carbocycles. The Morgan fingerprint density at radius 3 is 2.80 bits per heavy atom. The van der Waals surface area contributed by atoms with Gasteiger partial charge >= 0.3 is 0 Å². The van der Waals surface area contributed by atoms with Crippen LogP contribution in [0.15, 0.2) is 28.6 Å². The molecule has 1 heterocycles. The molecule has 106 valence electrons. The Morgan fingerprint density at radius 1 is 1.35 bits per heavy atom. The SMILES string of the molecule is Cc1ccccc1CSc1nnc(NC(=O)C(C)C)s1. The van der Waals surface area contributed by atoms with Crippen LogP contribution in [0.1, 0.15) is 25.0 Å². The smallest absolute Gasteiger partial charge is 0.228 e. The van der Waals surface area contributed by atoms with Crippen molar-refractivity contribution in [1.29, 1.82) is 0 Å². The highest BCUT2D eigenvalue weighted by Gasteiger charge is 2.11. The maximum Gasteiger partial charge on any atom is 0.228 e. The maximum absolute atomic E-state index is 11.6. The Labute approximate surface area is 127 Å². The first kappa shape index (κ1) is 15.0. The number of carbonyl (C=O) groups excluding carboxylic acids is 1. The van der Waals surface area contributed by atoms with Crippen LogP contribution in [0.25, 0.3) is 0 Å². The summed E-state index contributed by atoms with van der Waals surface area (Å²) in [4.78, 5) is 11.6. The second kappa shape index (κ2) is 6.85. The van der Waals surface area contributed by atoms with Gasteiger partial charge in [-0.15, -0.1) is 10.2 Å². The van der Waals surface area contributed by atoms with E-state index in [1.165, 1.54) is 22.5 Å². The van der Waals surface area contributed by atoms with Crippen molar-refractivity contribution < 1.29 is 4.79 Å². The second-order valence-corrected chi connectivity index (χ2v) is 6.93. The fourth-order valence-corrected chi connectivity index (χ4v) is 3.31. The highest BCUT2D eigenvalue weighted by Crippen LogP contribution is 2.29. The second-order valence-electron chi connectivity index (χ2n) is 4.73. The third-order valence-corrected chi connectivity index (χ3v) is 4.79. The summed E-state index contributed by atoms with van der Waals surface area (Å²) in [5.41, 5.74) is 2.57. The molecule has 0 saturated heterocycles. The van der Waals surface area contributed by atoms with Gasteiger partial charge in [0.15, 0.2) is 4.34 Å². The fraction of sp³-hybridized carbons (Fsp3) is 0.357. The highest BCUT2D eigenvalue weighted by atomic mass is 32.2. The number of hydrogen-bond acceptors (Lipinski definition) is 5. The molecule has 4 nitrogen and oxygen atoms in total. The van der Waals surface area contributed by atoms with Gasteiger partial charge in [0, 0.05) is 11.7 Å². The zero-order valence-electron chi connectivity index (χ0n) is 11.7. The molecule has 0 fully saturated rings. The summed E-state index contributed by atoms with van der Waals surface area (Å²) in [6.45, 7) is 5.80. The number of thioether (sulfide) groups is 1. The normalized spacial score (nSPS) is 10.8. The zero-order chi connectivity index (χ0) is 14.5. The van der Waals surface area contributed by atoms with Gasteiger partial charge in [0.1, 0.15) is 0 Å². The van der Waals surface area contributed by atoms with Crippen molar-refractivity contribution in [1.82, 2.24) is 10.2 Å². The van der Waals surface area contributed by atoms with Crippen LogP contribution in [0.2, 0.25) is 0 Å². The van der Waals surface area contributed by atoms with Crippen LogP contribution >= 0.6 is 23.1 Å². The van der Waals surface area contributed by atoms with E-state index in [2.05, 4.69) is 34.6 Å². The molecule has 0 unspecified atom stereocenters. The maximum atomic E-state index is 11.6. The van der Waals surface area contributed by atoms with E-state index in [0.29, 0.717) is 5.13 Å². The van der Waals surface area contributed by atoms with Gasteiger partial charge < -0.3 is 5.32 Å². The van der Waals surface area contributed by atoms with Gasteiger partial charge in [-0.05, 0) is 18.1 Å². The minimum absolute atomic E-state index is 0.0309. The van der Waals surface area contributed by atoms with Crippen LogP contribution in [0.3, 0.4) is 0 Å². The van der Waals surface area contributed by atoms with E-state index < -0.39 is 0 Å². The van der Waals surface area contributed by atoms with Crippen LogP contribution in [0, 0.1) is 12.8 Å². The van der Waals surface area contributed by atoms with Crippen molar-refractivity contribution in [2.45, 2.75) is 30.9 Å². The molecule has 1 N–H and O–H groups in total. The van der Waals surface area contributed by atoms with Crippen molar-refractivity contribution in [3.8, 4) is 0 Å². The molecule has 1 aromatic heterocycles. The van der Waals surface area contributed by atoms with Crippen LogP contribution < -0.4 is 5.32 Å². The molecule has 2 rings (SSSR count). The topological polar surface area (TPSA) is 54.9 Å². The van der Waals surface area contributed by atoms with E-state index in [1.807, 2.05) is 26.0 Å². The van der Waals surface area contributed by atoms with E-state index >= 15 is 0 Å². The molecule has 20 heavy (non-hydrogen) atoms. The van der Waals surface area contributed by atoms with E-state index in [0.717, 1.165) is 10.1 Å². The minimum Gasteiger partial charge on any atom is -0.300 e. The number of hydrogen-bond donors (Lipinski definition) is 1. The number of aromatic nitrogens is 2. The van der Waals surface area contributed by atoms with E-state index in [-0.39, 0.29) is 11.8 Å². The van der Waals surface area contributed by atoms with Crippen LogP contribution in [-0.4, -0.2) is 16.1 Å². The third kappa shape index (κ3) is 4.05. The molecular formula is C14H17N3OS2.